The van der Waals surface area contributed by atoms with Gasteiger partial charge >= 0.3 is 5.97 Å². The molecule has 1 aliphatic heterocycles. The van der Waals surface area contributed by atoms with Crippen molar-refractivity contribution in [3.63, 3.8) is 0 Å². The molecule has 1 fully saturated rings. The fourth-order valence-electron chi connectivity index (χ4n) is 2.83. The van der Waals surface area contributed by atoms with E-state index in [4.69, 9.17) is 27.9 Å². The van der Waals surface area contributed by atoms with Crippen molar-refractivity contribution in [3.05, 3.63) is 44.7 Å². The number of esters is 1. The van der Waals surface area contributed by atoms with Gasteiger partial charge in [-0.1, -0.05) is 29.3 Å². The summed E-state index contributed by atoms with van der Waals surface area (Å²) in [6, 6.07) is 4.23. The summed E-state index contributed by atoms with van der Waals surface area (Å²) in [4.78, 5) is 43.4. The lowest BCUT2D eigenvalue weighted by molar-refractivity contribution is -0.156. The number of rotatable bonds is 5. The highest BCUT2D eigenvalue weighted by molar-refractivity contribution is 7.12. The van der Waals surface area contributed by atoms with Crippen LogP contribution in [0.1, 0.15) is 29.4 Å². The number of nitrogens with zero attached hydrogens (tertiary/aromatic N) is 2. The highest BCUT2D eigenvalue weighted by Gasteiger charge is 2.37. The fraction of sp³-hybridized carbons (Fsp3) is 0.333. The second-order valence-electron chi connectivity index (χ2n) is 6.19. The van der Waals surface area contributed by atoms with Crippen LogP contribution in [0.2, 0.25) is 10.0 Å². The monoisotopic (exact) mass is 441 g/mol. The third kappa shape index (κ3) is 4.63. The molecule has 28 heavy (non-hydrogen) atoms. The number of thiophene rings is 1. The number of anilines is 1. The van der Waals surface area contributed by atoms with Gasteiger partial charge in [-0.2, -0.15) is 0 Å². The lowest BCUT2D eigenvalue weighted by Crippen LogP contribution is -2.43. The molecule has 2 amide bonds. The van der Waals surface area contributed by atoms with Gasteiger partial charge in [0.25, 0.3) is 11.8 Å². The Bertz CT molecular complexity index is 891. The van der Waals surface area contributed by atoms with Crippen molar-refractivity contribution in [3.8, 4) is 0 Å². The Balaban J connectivity index is 1.61. The summed E-state index contributed by atoms with van der Waals surface area (Å²) in [6.07, 6.45) is 1.45. The minimum absolute atomic E-state index is 0.120. The molecule has 2 atom stereocenters. The Labute approximate surface area is 175 Å². The zero-order valence-electron chi connectivity index (χ0n) is 14.9. The largest absolute Gasteiger partial charge is 0.451 e. The molecular weight excluding hydrogens is 425 g/mol. The van der Waals surface area contributed by atoms with E-state index in [1.54, 1.807) is 17.5 Å². The molecular formula is C18H17Cl2N3O4S. The molecule has 0 bridgehead atoms. The van der Waals surface area contributed by atoms with Crippen LogP contribution in [0.5, 0.6) is 0 Å². The third-order valence-electron chi connectivity index (χ3n) is 4.23. The van der Waals surface area contributed by atoms with Gasteiger partial charge in [-0.05, 0) is 37.3 Å². The number of amides is 2. The van der Waals surface area contributed by atoms with Gasteiger partial charge in [0.05, 0.1) is 14.9 Å². The van der Waals surface area contributed by atoms with Crippen molar-refractivity contribution in [2.24, 2.45) is 0 Å². The molecule has 0 spiro atoms. The van der Waals surface area contributed by atoms with Gasteiger partial charge in [0, 0.05) is 12.7 Å². The lowest BCUT2D eigenvalue weighted by Gasteiger charge is -2.24. The molecule has 0 unspecified atom stereocenters. The van der Waals surface area contributed by atoms with Gasteiger partial charge in [-0.3, -0.25) is 9.59 Å². The van der Waals surface area contributed by atoms with E-state index in [1.165, 1.54) is 35.4 Å². The first kappa shape index (κ1) is 20.6. The van der Waals surface area contributed by atoms with Crippen LogP contribution in [0.25, 0.3) is 0 Å². The molecule has 7 nitrogen and oxygen atoms in total. The zero-order chi connectivity index (χ0) is 20.3. The number of aromatic nitrogens is 1. The fourth-order valence-corrected chi connectivity index (χ4v) is 3.93. The molecule has 3 heterocycles. The normalized spacial score (nSPS) is 17.2. The molecule has 0 saturated carbocycles. The molecule has 0 aromatic carbocycles. The summed E-state index contributed by atoms with van der Waals surface area (Å²) in [6.45, 7) is 1.92. The molecule has 2 aromatic rings. The number of carbonyl (C=O) groups is 3. The molecule has 2 aromatic heterocycles. The van der Waals surface area contributed by atoms with Crippen molar-refractivity contribution in [1.82, 2.24) is 9.88 Å². The van der Waals surface area contributed by atoms with Crippen molar-refractivity contribution in [2.45, 2.75) is 31.9 Å². The molecule has 1 aliphatic rings. The maximum absolute atomic E-state index is 12.6. The van der Waals surface area contributed by atoms with Gasteiger partial charge < -0.3 is 15.0 Å². The summed E-state index contributed by atoms with van der Waals surface area (Å²) < 4.78 is 5.29. The van der Waals surface area contributed by atoms with Crippen molar-refractivity contribution >= 4 is 58.1 Å². The molecule has 1 N–H and O–H groups in total. The summed E-state index contributed by atoms with van der Waals surface area (Å²) in [5.41, 5.74) is 0. The predicted octanol–water partition coefficient (Wildman–Crippen LogP) is 3.62. The van der Waals surface area contributed by atoms with Crippen LogP contribution >= 0.6 is 34.5 Å². The van der Waals surface area contributed by atoms with Crippen molar-refractivity contribution in [1.29, 1.82) is 0 Å². The average molecular weight is 442 g/mol. The maximum Gasteiger partial charge on any atom is 0.329 e. The van der Waals surface area contributed by atoms with E-state index in [0.29, 0.717) is 29.3 Å². The first-order valence-electron chi connectivity index (χ1n) is 8.53. The van der Waals surface area contributed by atoms with E-state index in [1.807, 2.05) is 0 Å². The topological polar surface area (TPSA) is 88.6 Å². The van der Waals surface area contributed by atoms with E-state index in [2.05, 4.69) is 10.3 Å². The van der Waals surface area contributed by atoms with Gasteiger partial charge in [0.15, 0.2) is 11.9 Å². The van der Waals surface area contributed by atoms with E-state index < -0.39 is 24.0 Å². The molecule has 0 aliphatic carbocycles. The second kappa shape index (κ2) is 8.89. The summed E-state index contributed by atoms with van der Waals surface area (Å²) in [7, 11) is 0. The minimum Gasteiger partial charge on any atom is -0.451 e. The zero-order valence-corrected chi connectivity index (χ0v) is 17.2. The number of likely N-dealkylation sites (tertiary alicyclic amines) is 1. The van der Waals surface area contributed by atoms with Crippen LogP contribution in [0.3, 0.4) is 0 Å². The number of pyridine rings is 1. The highest BCUT2D eigenvalue weighted by Crippen LogP contribution is 2.25. The third-order valence-corrected chi connectivity index (χ3v) is 5.58. The Hall–Kier alpha value is -2.16. The van der Waals surface area contributed by atoms with Crippen molar-refractivity contribution in [2.75, 3.05) is 11.9 Å². The Kier molecular flexibility index (Phi) is 6.53. The van der Waals surface area contributed by atoms with Crippen LogP contribution in [-0.4, -0.2) is 46.4 Å². The predicted molar refractivity (Wildman–Crippen MR) is 107 cm³/mol. The van der Waals surface area contributed by atoms with Crippen LogP contribution in [0, 0.1) is 0 Å². The molecule has 0 radical (unpaired) electrons. The Morgan fingerprint density at radius 3 is 2.86 bits per heavy atom. The smallest absolute Gasteiger partial charge is 0.329 e. The van der Waals surface area contributed by atoms with E-state index >= 15 is 0 Å². The molecule has 10 heteroatoms. The first-order chi connectivity index (χ1) is 13.4. The lowest BCUT2D eigenvalue weighted by atomic mass is 10.2. The van der Waals surface area contributed by atoms with Gasteiger partial charge in [-0.15, -0.1) is 11.3 Å². The van der Waals surface area contributed by atoms with Gasteiger partial charge in [0.1, 0.15) is 6.04 Å². The standard InChI is InChI=1S/C18H17Cl2N3O4S/c1-10(16(24)22-15-12(20)8-11(19)9-21-15)27-18(26)13-4-2-6-23(13)17(25)14-5-3-7-28-14/h3,5,7-10,13H,2,4,6H2,1H3,(H,21,22,24)/t10-,13+/m1/s1. The van der Waals surface area contributed by atoms with Crippen LogP contribution < -0.4 is 5.32 Å². The number of hydrogen-bond acceptors (Lipinski definition) is 6. The summed E-state index contributed by atoms with van der Waals surface area (Å²) in [5.74, 6) is -1.28. The SMILES string of the molecule is C[C@@H](OC(=O)[C@@H]1CCCN1C(=O)c1cccs1)C(=O)Nc1ncc(Cl)cc1Cl. The number of nitrogens with one attached hydrogen (secondary N) is 1. The first-order valence-corrected chi connectivity index (χ1v) is 10.2. The van der Waals surface area contributed by atoms with E-state index in [0.717, 1.165) is 0 Å². The Morgan fingerprint density at radius 2 is 2.18 bits per heavy atom. The number of carbonyl (C=O) groups excluding carboxylic acids is 3. The van der Waals surface area contributed by atoms with E-state index in [-0.39, 0.29) is 16.7 Å². The van der Waals surface area contributed by atoms with Crippen LogP contribution in [0.4, 0.5) is 5.82 Å². The summed E-state index contributed by atoms with van der Waals surface area (Å²) in [5, 5.41) is 4.80. The van der Waals surface area contributed by atoms with Crippen LogP contribution in [-0.2, 0) is 14.3 Å². The van der Waals surface area contributed by atoms with E-state index in [9.17, 15) is 14.4 Å². The number of hydrogen-bond donors (Lipinski definition) is 1. The number of ether oxygens (including phenoxy) is 1. The Morgan fingerprint density at radius 1 is 1.39 bits per heavy atom. The quantitative estimate of drug-likeness (QED) is 0.715. The average Bonchev–Trinajstić information content (AvgIpc) is 3.35. The van der Waals surface area contributed by atoms with Crippen LogP contribution in [0.15, 0.2) is 29.8 Å². The molecule has 148 valence electrons. The molecule has 3 rings (SSSR count). The second-order valence-corrected chi connectivity index (χ2v) is 7.98. The van der Waals surface area contributed by atoms with Crippen molar-refractivity contribution < 1.29 is 19.1 Å². The highest BCUT2D eigenvalue weighted by atomic mass is 35.5. The molecule has 1 saturated heterocycles. The van der Waals surface area contributed by atoms with Gasteiger partial charge in [-0.25, -0.2) is 9.78 Å². The minimum atomic E-state index is -1.08. The number of halogens is 2. The summed E-state index contributed by atoms with van der Waals surface area (Å²) >= 11 is 13.1. The van der Waals surface area contributed by atoms with Gasteiger partial charge in [0.2, 0.25) is 0 Å². The maximum atomic E-state index is 12.6.